The molecule has 0 atom stereocenters. The second-order valence-electron chi connectivity index (χ2n) is 5.87. The number of rotatable bonds is 5. The average Bonchev–Trinajstić information content (AvgIpc) is 2.93. The summed E-state index contributed by atoms with van der Waals surface area (Å²) in [6.45, 7) is 4.00. The minimum absolute atomic E-state index is 0.120. The van der Waals surface area contributed by atoms with Gasteiger partial charge in [-0.1, -0.05) is 45.9 Å². The predicted molar refractivity (Wildman–Crippen MR) is 109 cm³/mol. The monoisotopic (exact) mass is 431 g/mol. The van der Waals surface area contributed by atoms with Crippen LogP contribution >= 0.6 is 27.7 Å². The van der Waals surface area contributed by atoms with E-state index >= 15 is 0 Å². The van der Waals surface area contributed by atoms with Crippen LogP contribution in [0.15, 0.2) is 52.1 Å². The number of halogens is 1. The first-order valence-corrected chi connectivity index (χ1v) is 9.68. The van der Waals surface area contributed by atoms with Crippen LogP contribution in [0.25, 0.3) is 11.4 Å². The van der Waals surface area contributed by atoms with Crippen molar-refractivity contribution in [2.24, 2.45) is 0 Å². The molecule has 3 aromatic rings. The Kier molecular flexibility index (Phi) is 5.63. The summed E-state index contributed by atoms with van der Waals surface area (Å²) in [6.07, 6.45) is 0. The van der Waals surface area contributed by atoms with Crippen LogP contribution < -0.4 is 11.2 Å². The SMILES string of the molecule is Cc1cc(C)cc(NC(=O)CSc2nnc(-c3ccccc3Br)n2N)c1. The Morgan fingerprint density at radius 1 is 1.19 bits per heavy atom. The van der Waals surface area contributed by atoms with E-state index in [1.54, 1.807) is 0 Å². The van der Waals surface area contributed by atoms with E-state index in [4.69, 9.17) is 5.84 Å². The van der Waals surface area contributed by atoms with Gasteiger partial charge in [0.2, 0.25) is 11.1 Å². The molecule has 8 heteroatoms. The molecule has 1 amide bonds. The molecular formula is C18H18BrN5OS. The zero-order valence-electron chi connectivity index (χ0n) is 14.4. The highest BCUT2D eigenvalue weighted by atomic mass is 79.9. The number of aromatic nitrogens is 3. The summed E-state index contributed by atoms with van der Waals surface area (Å²) in [6, 6.07) is 13.6. The van der Waals surface area contributed by atoms with E-state index in [1.165, 1.54) is 16.4 Å². The van der Waals surface area contributed by atoms with Gasteiger partial charge in [0.25, 0.3) is 0 Å². The number of nitrogens with zero attached hydrogens (tertiary/aromatic N) is 3. The molecule has 1 aromatic heterocycles. The lowest BCUT2D eigenvalue weighted by atomic mass is 10.1. The fourth-order valence-corrected chi connectivity index (χ4v) is 3.69. The lowest BCUT2D eigenvalue weighted by Gasteiger charge is -2.08. The van der Waals surface area contributed by atoms with Gasteiger partial charge in [-0.15, -0.1) is 10.2 Å². The minimum atomic E-state index is -0.120. The second kappa shape index (κ2) is 7.92. The van der Waals surface area contributed by atoms with E-state index in [9.17, 15) is 4.79 Å². The maximum absolute atomic E-state index is 12.2. The number of aryl methyl sites for hydroxylation is 2. The molecule has 0 aliphatic heterocycles. The smallest absolute Gasteiger partial charge is 0.234 e. The Bertz CT molecular complexity index is 936. The van der Waals surface area contributed by atoms with Crippen LogP contribution in [0, 0.1) is 13.8 Å². The molecule has 2 aromatic carbocycles. The Hall–Kier alpha value is -2.32. The summed E-state index contributed by atoms with van der Waals surface area (Å²) < 4.78 is 2.28. The van der Waals surface area contributed by atoms with Crippen LogP contribution in [0.4, 0.5) is 5.69 Å². The van der Waals surface area contributed by atoms with Crippen LogP contribution in [-0.4, -0.2) is 26.5 Å². The number of hydrogen-bond acceptors (Lipinski definition) is 5. The molecule has 0 bridgehead atoms. The first-order chi connectivity index (χ1) is 12.4. The number of anilines is 1. The number of thioether (sulfide) groups is 1. The fraction of sp³-hybridized carbons (Fsp3) is 0.167. The molecule has 3 N–H and O–H groups in total. The van der Waals surface area contributed by atoms with E-state index in [1.807, 2.05) is 50.2 Å². The number of hydrogen-bond donors (Lipinski definition) is 2. The molecule has 0 aliphatic rings. The quantitative estimate of drug-likeness (QED) is 0.474. The van der Waals surface area contributed by atoms with Crippen molar-refractivity contribution in [2.75, 3.05) is 16.9 Å². The van der Waals surface area contributed by atoms with Crippen LogP contribution in [-0.2, 0) is 4.79 Å². The largest absolute Gasteiger partial charge is 0.335 e. The third-order valence-electron chi connectivity index (χ3n) is 3.62. The van der Waals surface area contributed by atoms with Gasteiger partial charge < -0.3 is 11.2 Å². The van der Waals surface area contributed by atoms with Gasteiger partial charge >= 0.3 is 0 Å². The van der Waals surface area contributed by atoms with Gasteiger partial charge in [-0.3, -0.25) is 4.79 Å². The fourth-order valence-electron chi connectivity index (χ4n) is 2.58. The van der Waals surface area contributed by atoms with Gasteiger partial charge in [-0.05, 0) is 49.2 Å². The van der Waals surface area contributed by atoms with Crippen molar-refractivity contribution in [1.29, 1.82) is 0 Å². The van der Waals surface area contributed by atoms with Crippen LogP contribution in [0.2, 0.25) is 0 Å². The Morgan fingerprint density at radius 3 is 2.58 bits per heavy atom. The number of carbonyl (C=O) groups excluding carboxylic acids is 1. The highest BCUT2D eigenvalue weighted by Gasteiger charge is 2.15. The van der Waals surface area contributed by atoms with Crippen molar-refractivity contribution in [2.45, 2.75) is 19.0 Å². The van der Waals surface area contributed by atoms with Crippen LogP contribution in [0.5, 0.6) is 0 Å². The molecule has 0 spiro atoms. The van der Waals surface area contributed by atoms with Gasteiger partial charge in [-0.25, -0.2) is 4.68 Å². The maximum atomic E-state index is 12.2. The molecule has 0 saturated heterocycles. The first-order valence-electron chi connectivity index (χ1n) is 7.90. The van der Waals surface area contributed by atoms with Crippen molar-refractivity contribution >= 4 is 39.3 Å². The number of nitrogens with one attached hydrogen (secondary N) is 1. The van der Waals surface area contributed by atoms with E-state index < -0.39 is 0 Å². The lowest BCUT2D eigenvalue weighted by Crippen LogP contribution is -2.16. The van der Waals surface area contributed by atoms with Crippen molar-refractivity contribution in [1.82, 2.24) is 14.9 Å². The minimum Gasteiger partial charge on any atom is -0.335 e. The third-order valence-corrected chi connectivity index (χ3v) is 5.25. The van der Waals surface area contributed by atoms with Gasteiger partial charge in [0.1, 0.15) is 0 Å². The van der Waals surface area contributed by atoms with Crippen molar-refractivity contribution in [3.63, 3.8) is 0 Å². The molecule has 1 heterocycles. The molecule has 26 heavy (non-hydrogen) atoms. The molecule has 6 nitrogen and oxygen atoms in total. The number of carbonyl (C=O) groups is 1. The molecule has 0 fully saturated rings. The number of benzene rings is 2. The summed E-state index contributed by atoms with van der Waals surface area (Å²) in [5, 5.41) is 11.6. The van der Waals surface area contributed by atoms with Crippen LogP contribution in [0.3, 0.4) is 0 Å². The maximum Gasteiger partial charge on any atom is 0.234 e. The summed E-state index contributed by atoms with van der Waals surface area (Å²) in [4.78, 5) is 12.2. The molecule has 3 rings (SSSR count). The van der Waals surface area contributed by atoms with Gasteiger partial charge in [0.15, 0.2) is 5.82 Å². The zero-order chi connectivity index (χ0) is 18.7. The van der Waals surface area contributed by atoms with E-state index in [0.717, 1.165) is 26.9 Å². The van der Waals surface area contributed by atoms with Crippen molar-refractivity contribution in [3.05, 3.63) is 58.1 Å². The zero-order valence-corrected chi connectivity index (χ0v) is 16.8. The number of amides is 1. The molecule has 134 valence electrons. The van der Waals surface area contributed by atoms with Gasteiger partial charge in [0.05, 0.1) is 5.75 Å². The van der Waals surface area contributed by atoms with Crippen molar-refractivity contribution < 1.29 is 4.79 Å². The summed E-state index contributed by atoms with van der Waals surface area (Å²) >= 11 is 4.72. The van der Waals surface area contributed by atoms with Gasteiger partial charge in [-0.2, -0.15) is 0 Å². The highest BCUT2D eigenvalue weighted by Crippen LogP contribution is 2.28. The normalized spacial score (nSPS) is 10.7. The predicted octanol–water partition coefficient (Wildman–Crippen LogP) is 3.77. The molecule has 0 unspecified atom stereocenters. The topological polar surface area (TPSA) is 85.8 Å². The molecule has 0 saturated carbocycles. The summed E-state index contributed by atoms with van der Waals surface area (Å²) in [5.74, 6) is 6.71. The molecular weight excluding hydrogens is 414 g/mol. The first kappa shape index (κ1) is 18.5. The van der Waals surface area contributed by atoms with E-state index in [2.05, 4.69) is 37.5 Å². The summed E-state index contributed by atoms with van der Waals surface area (Å²) in [7, 11) is 0. The van der Waals surface area contributed by atoms with Crippen LogP contribution in [0.1, 0.15) is 11.1 Å². The van der Waals surface area contributed by atoms with E-state index in [0.29, 0.717) is 11.0 Å². The lowest BCUT2D eigenvalue weighted by molar-refractivity contribution is -0.113. The average molecular weight is 432 g/mol. The third kappa shape index (κ3) is 4.25. The Labute approximate surface area is 164 Å². The number of nitrogens with two attached hydrogens (primary N) is 1. The van der Waals surface area contributed by atoms with Crippen molar-refractivity contribution in [3.8, 4) is 11.4 Å². The highest BCUT2D eigenvalue weighted by molar-refractivity contribution is 9.10. The van der Waals surface area contributed by atoms with Gasteiger partial charge in [0, 0.05) is 15.7 Å². The second-order valence-corrected chi connectivity index (χ2v) is 7.67. The number of nitrogen functional groups attached to an aromatic ring is 1. The standard InChI is InChI=1S/C18H18BrN5OS/c1-11-7-12(2)9-13(8-11)21-16(25)10-26-18-23-22-17(24(18)20)14-5-3-4-6-15(14)19/h3-9H,10,20H2,1-2H3,(H,21,25). The summed E-state index contributed by atoms with van der Waals surface area (Å²) in [5.41, 5.74) is 3.84. The van der Waals surface area contributed by atoms with E-state index in [-0.39, 0.29) is 11.7 Å². The molecule has 0 aliphatic carbocycles. The Morgan fingerprint density at radius 2 is 1.88 bits per heavy atom. The molecule has 0 radical (unpaired) electrons. The Balaban J connectivity index is 1.67.